The Labute approximate surface area is 112 Å². The Morgan fingerprint density at radius 1 is 1.32 bits per heavy atom. The molecule has 1 saturated carbocycles. The Balaban J connectivity index is 1.95. The van der Waals surface area contributed by atoms with Crippen LogP contribution in [-0.4, -0.2) is 22.1 Å². The van der Waals surface area contributed by atoms with Crippen LogP contribution in [0.3, 0.4) is 0 Å². The summed E-state index contributed by atoms with van der Waals surface area (Å²) in [5, 5.41) is 12.0. The molecule has 3 rings (SSSR count). The molecule has 1 aromatic heterocycles. The number of amidine groups is 1. The molecule has 1 fully saturated rings. The van der Waals surface area contributed by atoms with Crippen molar-refractivity contribution in [3.8, 4) is 5.88 Å². The van der Waals surface area contributed by atoms with Gasteiger partial charge in [-0.2, -0.15) is 0 Å². The van der Waals surface area contributed by atoms with Crippen LogP contribution in [0, 0.1) is 0 Å². The van der Waals surface area contributed by atoms with Crippen LogP contribution < -0.4 is 10.5 Å². The van der Waals surface area contributed by atoms with Gasteiger partial charge >= 0.3 is 0 Å². The van der Waals surface area contributed by atoms with Gasteiger partial charge in [-0.15, -0.1) is 0 Å². The summed E-state index contributed by atoms with van der Waals surface area (Å²) in [5.74, 6) is 0.609. The lowest BCUT2D eigenvalue weighted by atomic mass is 10.1. The second-order valence-electron chi connectivity index (χ2n) is 5.31. The fraction of sp³-hybridized carbons (Fsp3) is 0.571. The highest BCUT2D eigenvalue weighted by atomic mass is 16.5. The lowest BCUT2D eigenvalue weighted by Crippen LogP contribution is -2.20. The third-order valence-electron chi connectivity index (χ3n) is 3.98. The van der Waals surface area contributed by atoms with Crippen molar-refractivity contribution in [3.63, 3.8) is 0 Å². The summed E-state index contributed by atoms with van der Waals surface area (Å²) in [6.45, 7) is 0. The number of nitrogens with two attached hydrogens (primary N) is 1. The number of ether oxygens (including phenoxy) is 1. The van der Waals surface area contributed by atoms with E-state index in [1.807, 2.05) is 6.07 Å². The van der Waals surface area contributed by atoms with Gasteiger partial charge in [-0.25, -0.2) is 4.98 Å². The van der Waals surface area contributed by atoms with Gasteiger partial charge in [0, 0.05) is 5.69 Å². The van der Waals surface area contributed by atoms with Crippen molar-refractivity contribution in [3.05, 3.63) is 22.9 Å². The molecule has 2 aliphatic rings. The van der Waals surface area contributed by atoms with Crippen molar-refractivity contribution in [1.29, 1.82) is 0 Å². The first kappa shape index (κ1) is 12.3. The van der Waals surface area contributed by atoms with E-state index in [-0.39, 0.29) is 11.9 Å². The second kappa shape index (κ2) is 5.07. The number of nitrogens with zero attached hydrogens (tertiary/aromatic N) is 2. The average Bonchev–Trinajstić information content (AvgIpc) is 3.07. The molecule has 0 atom stereocenters. The normalized spacial score (nSPS) is 19.7. The first-order valence-corrected chi connectivity index (χ1v) is 6.95. The summed E-state index contributed by atoms with van der Waals surface area (Å²) < 4.78 is 5.97. The summed E-state index contributed by atoms with van der Waals surface area (Å²) in [5.41, 5.74) is 8.66. The molecule has 102 valence electrons. The van der Waals surface area contributed by atoms with Crippen LogP contribution >= 0.6 is 0 Å². The van der Waals surface area contributed by atoms with Crippen LogP contribution in [-0.2, 0) is 12.8 Å². The second-order valence-corrected chi connectivity index (χ2v) is 5.31. The SMILES string of the molecule is NC(=NO)c1cc2c(nc1OC1CCCC1)CCC2. The maximum Gasteiger partial charge on any atom is 0.225 e. The number of aromatic nitrogens is 1. The fourth-order valence-corrected chi connectivity index (χ4v) is 2.94. The summed E-state index contributed by atoms with van der Waals surface area (Å²) in [4.78, 5) is 4.59. The van der Waals surface area contributed by atoms with Crippen molar-refractivity contribution >= 4 is 5.84 Å². The summed E-state index contributed by atoms with van der Waals surface area (Å²) in [6.07, 6.45) is 7.87. The molecule has 5 heteroatoms. The van der Waals surface area contributed by atoms with Gasteiger partial charge < -0.3 is 15.7 Å². The predicted molar refractivity (Wildman–Crippen MR) is 71.7 cm³/mol. The molecule has 1 aromatic rings. The number of hydrogen-bond acceptors (Lipinski definition) is 4. The zero-order valence-electron chi connectivity index (χ0n) is 10.9. The molecule has 0 aromatic carbocycles. The van der Waals surface area contributed by atoms with Gasteiger partial charge in [-0.05, 0) is 56.6 Å². The van der Waals surface area contributed by atoms with Crippen LogP contribution in [0.5, 0.6) is 5.88 Å². The third-order valence-corrected chi connectivity index (χ3v) is 3.98. The van der Waals surface area contributed by atoms with Crippen LogP contribution in [0.15, 0.2) is 11.2 Å². The molecule has 0 spiro atoms. The Hall–Kier alpha value is -1.78. The molecule has 19 heavy (non-hydrogen) atoms. The van der Waals surface area contributed by atoms with Crippen LogP contribution in [0.1, 0.15) is 48.9 Å². The standard InChI is InChI=1S/C14H19N3O2/c15-13(17-18)11-8-9-4-3-7-12(9)16-14(11)19-10-5-1-2-6-10/h8,10,18H,1-7H2,(H2,15,17). The molecular formula is C14H19N3O2. The summed E-state index contributed by atoms with van der Waals surface area (Å²) in [7, 11) is 0. The molecule has 0 amide bonds. The molecule has 0 saturated heterocycles. The molecule has 2 aliphatic carbocycles. The molecule has 5 nitrogen and oxygen atoms in total. The molecule has 0 aliphatic heterocycles. The number of aryl methyl sites for hydroxylation is 2. The number of rotatable bonds is 3. The maximum atomic E-state index is 8.90. The van der Waals surface area contributed by atoms with Gasteiger partial charge in [0.15, 0.2) is 5.84 Å². The number of oxime groups is 1. The highest BCUT2D eigenvalue weighted by molar-refractivity contribution is 5.99. The van der Waals surface area contributed by atoms with E-state index in [1.165, 1.54) is 18.4 Å². The monoisotopic (exact) mass is 261 g/mol. The topological polar surface area (TPSA) is 80.7 Å². The molecular weight excluding hydrogens is 242 g/mol. The summed E-state index contributed by atoms with van der Waals surface area (Å²) in [6, 6.07) is 1.97. The van der Waals surface area contributed by atoms with E-state index in [2.05, 4.69) is 10.1 Å². The van der Waals surface area contributed by atoms with E-state index < -0.39 is 0 Å². The van der Waals surface area contributed by atoms with Crippen LogP contribution in [0.25, 0.3) is 0 Å². The van der Waals surface area contributed by atoms with Crippen molar-refractivity contribution in [1.82, 2.24) is 4.98 Å². The molecule has 0 unspecified atom stereocenters. The van der Waals surface area contributed by atoms with Gasteiger partial charge in [-0.3, -0.25) is 0 Å². The molecule has 0 radical (unpaired) electrons. The first-order valence-electron chi connectivity index (χ1n) is 6.95. The molecule has 3 N–H and O–H groups in total. The Bertz CT molecular complexity index is 508. The highest BCUT2D eigenvalue weighted by Crippen LogP contribution is 2.29. The maximum absolute atomic E-state index is 8.90. The van der Waals surface area contributed by atoms with Gasteiger partial charge in [0.2, 0.25) is 5.88 Å². The molecule has 1 heterocycles. The zero-order valence-corrected chi connectivity index (χ0v) is 10.9. The van der Waals surface area contributed by atoms with Gasteiger partial charge in [0.25, 0.3) is 0 Å². The lowest BCUT2D eigenvalue weighted by Gasteiger charge is -2.16. The van der Waals surface area contributed by atoms with Gasteiger partial charge in [0.05, 0.1) is 5.56 Å². The van der Waals surface area contributed by atoms with Crippen LogP contribution in [0.2, 0.25) is 0 Å². The first-order chi connectivity index (χ1) is 9.28. The Morgan fingerprint density at radius 3 is 2.84 bits per heavy atom. The van der Waals surface area contributed by atoms with E-state index in [0.29, 0.717) is 11.4 Å². The minimum Gasteiger partial charge on any atom is -0.474 e. The zero-order chi connectivity index (χ0) is 13.2. The van der Waals surface area contributed by atoms with E-state index in [4.69, 9.17) is 15.7 Å². The van der Waals surface area contributed by atoms with Crippen LogP contribution in [0.4, 0.5) is 0 Å². The van der Waals surface area contributed by atoms with Crippen molar-refractivity contribution in [2.75, 3.05) is 0 Å². The van der Waals surface area contributed by atoms with Crippen molar-refractivity contribution in [2.24, 2.45) is 10.9 Å². The van der Waals surface area contributed by atoms with E-state index in [9.17, 15) is 0 Å². The Kier molecular flexibility index (Phi) is 3.27. The van der Waals surface area contributed by atoms with E-state index >= 15 is 0 Å². The lowest BCUT2D eigenvalue weighted by molar-refractivity contribution is 0.200. The average molecular weight is 261 g/mol. The number of hydrogen-bond donors (Lipinski definition) is 2. The quantitative estimate of drug-likeness (QED) is 0.377. The van der Waals surface area contributed by atoms with Crippen molar-refractivity contribution < 1.29 is 9.94 Å². The predicted octanol–water partition coefficient (Wildman–Crippen LogP) is 1.99. The summed E-state index contributed by atoms with van der Waals surface area (Å²) >= 11 is 0. The van der Waals surface area contributed by atoms with E-state index in [1.54, 1.807) is 0 Å². The Morgan fingerprint density at radius 2 is 2.11 bits per heavy atom. The van der Waals surface area contributed by atoms with Gasteiger partial charge in [-0.1, -0.05) is 5.16 Å². The van der Waals surface area contributed by atoms with E-state index in [0.717, 1.165) is 37.8 Å². The largest absolute Gasteiger partial charge is 0.474 e. The van der Waals surface area contributed by atoms with Crippen molar-refractivity contribution in [2.45, 2.75) is 51.0 Å². The molecule has 0 bridgehead atoms. The smallest absolute Gasteiger partial charge is 0.225 e. The fourth-order valence-electron chi connectivity index (χ4n) is 2.94. The minimum atomic E-state index is 0.0789. The minimum absolute atomic E-state index is 0.0789. The number of pyridine rings is 1. The third kappa shape index (κ3) is 2.37. The van der Waals surface area contributed by atoms with Gasteiger partial charge in [0.1, 0.15) is 6.10 Å². The highest BCUT2D eigenvalue weighted by Gasteiger charge is 2.23. The number of fused-ring (bicyclic) bond motifs is 1.